The molecule has 0 amide bonds. The van der Waals surface area contributed by atoms with Crippen LogP contribution in [-0.2, 0) is 4.74 Å². The number of hydrogen-bond donors (Lipinski definition) is 2. The van der Waals surface area contributed by atoms with Crippen molar-refractivity contribution in [2.75, 3.05) is 13.2 Å². The number of hydrogen-bond acceptors (Lipinski definition) is 2. The molecule has 0 radical (unpaired) electrons. The summed E-state index contributed by atoms with van der Waals surface area (Å²) >= 11 is 12.1. The smallest absolute Gasteiger partial charge is 0.189 e. The number of halogens is 3. The number of benzene rings is 1. The Morgan fingerprint density at radius 1 is 1.42 bits per heavy atom. The molecule has 3 N–H and O–H groups in total. The SMILES string of the molecule is CC(NC(N)=NCCCC1CCCCO1)c1ccc(Cl)cc1Cl.I. The van der Waals surface area contributed by atoms with Gasteiger partial charge in [0, 0.05) is 23.2 Å². The van der Waals surface area contributed by atoms with E-state index in [-0.39, 0.29) is 30.0 Å². The molecule has 2 atom stereocenters. The molecule has 0 saturated carbocycles. The molecule has 2 rings (SSSR count). The molecule has 1 aromatic carbocycles. The van der Waals surface area contributed by atoms with Gasteiger partial charge in [-0.05, 0) is 56.7 Å². The molecular formula is C17H26Cl2IN3O. The van der Waals surface area contributed by atoms with Crippen LogP contribution in [0.25, 0.3) is 0 Å². The molecule has 1 aliphatic heterocycles. The van der Waals surface area contributed by atoms with Gasteiger partial charge in [0.05, 0.1) is 12.1 Å². The van der Waals surface area contributed by atoms with E-state index >= 15 is 0 Å². The van der Waals surface area contributed by atoms with Gasteiger partial charge in [0.15, 0.2) is 5.96 Å². The summed E-state index contributed by atoms with van der Waals surface area (Å²) in [5.41, 5.74) is 6.90. The largest absolute Gasteiger partial charge is 0.378 e. The lowest BCUT2D eigenvalue weighted by atomic mass is 10.1. The molecule has 0 aromatic heterocycles. The first kappa shape index (κ1) is 21.8. The van der Waals surface area contributed by atoms with Crippen LogP contribution < -0.4 is 11.1 Å². The third-order valence-corrected chi connectivity index (χ3v) is 4.60. The molecule has 1 fully saturated rings. The van der Waals surface area contributed by atoms with Crippen LogP contribution in [0.2, 0.25) is 10.0 Å². The van der Waals surface area contributed by atoms with Crippen LogP contribution in [0.5, 0.6) is 0 Å². The molecule has 1 heterocycles. The van der Waals surface area contributed by atoms with Crippen molar-refractivity contribution in [3.8, 4) is 0 Å². The Bertz CT molecular complexity index is 537. The first-order chi connectivity index (χ1) is 11.1. The van der Waals surface area contributed by atoms with Crippen LogP contribution >= 0.6 is 47.2 Å². The number of guanidine groups is 1. The van der Waals surface area contributed by atoms with E-state index < -0.39 is 0 Å². The van der Waals surface area contributed by atoms with Gasteiger partial charge < -0.3 is 15.8 Å². The fraction of sp³-hybridized carbons (Fsp3) is 0.588. The van der Waals surface area contributed by atoms with E-state index in [9.17, 15) is 0 Å². The van der Waals surface area contributed by atoms with Gasteiger partial charge in [0.25, 0.3) is 0 Å². The van der Waals surface area contributed by atoms with Crippen molar-refractivity contribution in [1.29, 1.82) is 0 Å². The van der Waals surface area contributed by atoms with E-state index in [1.807, 2.05) is 19.1 Å². The highest BCUT2D eigenvalue weighted by Crippen LogP contribution is 2.25. The minimum Gasteiger partial charge on any atom is -0.378 e. The molecule has 4 nitrogen and oxygen atoms in total. The molecule has 1 aliphatic rings. The van der Waals surface area contributed by atoms with Crippen molar-refractivity contribution >= 4 is 53.1 Å². The minimum absolute atomic E-state index is 0. The molecule has 1 aromatic rings. The maximum absolute atomic E-state index is 6.20. The fourth-order valence-corrected chi connectivity index (χ4v) is 3.32. The van der Waals surface area contributed by atoms with Crippen molar-refractivity contribution < 1.29 is 4.74 Å². The first-order valence-corrected chi connectivity index (χ1v) is 8.95. The Labute approximate surface area is 171 Å². The summed E-state index contributed by atoms with van der Waals surface area (Å²) in [5.74, 6) is 0.438. The maximum atomic E-state index is 6.20. The third kappa shape index (κ3) is 7.33. The zero-order valence-electron chi connectivity index (χ0n) is 13.9. The molecule has 1 saturated heterocycles. The Hall–Kier alpha value is -0.240. The van der Waals surface area contributed by atoms with Crippen LogP contribution in [0.3, 0.4) is 0 Å². The van der Waals surface area contributed by atoms with E-state index in [4.69, 9.17) is 33.7 Å². The molecular weight excluding hydrogens is 460 g/mol. The molecule has 0 spiro atoms. The molecule has 136 valence electrons. The van der Waals surface area contributed by atoms with Gasteiger partial charge in [-0.25, -0.2) is 0 Å². The van der Waals surface area contributed by atoms with Gasteiger partial charge in [-0.1, -0.05) is 29.3 Å². The standard InChI is InChI=1S/C17H25Cl2N3O.HI/c1-12(15-8-7-13(18)11-16(15)19)22-17(20)21-9-4-6-14-5-2-3-10-23-14;/h7-8,11-12,14H,2-6,9-10H2,1H3,(H3,20,21,22);1H. The second-order valence-electron chi connectivity index (χ2n) is 5.93. The van der Waals surface area contributed by atoms with Crippen LogP contribution in [0.1, 0.15) is 50.6 Å². The highest BCUT2D eigenvalue weighted by Gasteiger charge is 2.13. The second kappa shape index (κ2) is 11.4. The van der Waals surface area contributed by atoms with Crippen LogP contribution in [0.15, 0.2) is 23.2 Å². The summed E-state index contributed by atoms with van der Waals surface area (Å²) < 4.78 is 5.71. The van der Waals surface area contributed by atoms with E-state index in [0.29, 0.717) is 28.7 Å². The van der Waals surface area contributed by atoms with Gasteiger partial charge in [-0.2, -0.15) is 0 Å². The number of nitrogens with two attached hydrogens (primary N) is 1. The molecule has 24 heavy (non-hydrogen) atoms. The third-order valence-electron chi connectivity index (χ3n) is 4.03. The predicted molar refractivity (Wildman–Crippen MR) is 113 cm³/mol. The van der Waals surface area contributed by atoms with Crippen molar-refractivity contribution in [1.82, 2.24) is 5.32 Å². The minimum atomic E-state index is -0.0230. The summed E-state index contributed by atoms with van der Waals surface area (Å²) in [6, 6.07) is 5.42. The summed E-state index contributed by atoms with van der Waals surface area (Å²) in [5, 5.41) is 4.41. The molecule has 7 heteroatoms. The van der Waals surface area contributed by atoms with E-state index in [2.05, 4.69) is 10.3 Å². The lowest BCUT2D eigenvalue weighted by Crippen LogP contribution is -2.34. The monoisotopic (exact) mass is 485 g/mol. The predicted octanol–water partition coefficient (Wildman–Crippen LogP) is 4.93. The summed E-state index contributed by atoms with van der Waals surface area (Å²) in [7, 11) is 0. The molecule has 2 unspecified atom stereocenters. The van der Waals surface area contributed by atoms with Crippen LogP contribution in [-0.4, -0.2) is 25.2 Å². The number of nitrogens with zero attached hydrogens (tertiary/aromatic N) is 1. The summed E-state index contributed by atoms with van der Waals surface area (Å²) in [4.78, 5) is 4.38. The van der Waals surface area contributed by atoms with Gasteiger partial charge >= 0.3 is 0 Å². The first-order valence-electron chi connectivity index (χ1n) is 8.19. The fourth-order valence-electron chi connectivity index (χ4n) is 2.75. The van der Waals surface area contributed by atoms with E-state index in [1.165, 1.54) is 19.3 Å². The Morgan fingerprint density at radius 3 is 2.88 bits per heavy atom. The van der Waals surface area contributed by atoms with Crippen LogP contribution in [0.4, 0.5) is 0 Å². The number of ether oxygens (including phenoxy) is 1. The molecule has 0 aliphatic carbocycles. The number of rotatable bonds is 6. The summed E-state index contributed by atoms with van der Waals surface area (Å²) in [6.07, 6.45) is 6.08. The lowest BCUT2D eigenvalue weighted by molar-refractivity contribution is 0.0105. The Balaban J connectivity index is 0.00000288. The van der Waals surface area contributed by atoms with Crippen molar-refractivity contribution in [2.24, 2.45) is 10.7 Å². The van der Waals surface area contributed by atoms with Gasteiger partial charge in [0.2, 0.25) is 0 Å². The van der Waals surface area contributed by atoms with Crippen LogP contribution in [0, 0.1) is 0 Å². The zero-order valence-corrected chi connectivity index (χ0v) is 17.8. The van der Waals surface area contributed by atoms with Gasteiger partial charge in [-0.3, -0.25) is 4.99 Å². The number of aliphatic imine (C=N–C) groups is 1. The van der Waals surface area contributed by atoms with Gasteiger partial charge in [-0.15, -0.1) is 24.0 Å². The average Bonchev–Trinajstić information content (AvgIpc) is 2.52. The Morgan fingerprint density at radius 2 is 2.21 bits per heavy atom. The average molecular weight is 486 g/mol. The number of nitrogens with one attached hydrogen (secondary N) is 1. The summed E-state index contributed by atoms with van der Waals surface area (Å²) in [6.45, 7) is 3.60. The zero-order chi connectivity index (χ0) is 16.7. The van der Waals surface area contributed by atoms with Crippen molar-refractivity contribution in [3.05, 3.63) is 33.8 Å². The highest BCUT2D eigenvalue weighted by molar-refractivity contribution is 14.0. The second-order valence-corrected chi connectivity index (χ2v) is 6.77. The molecule has 0 bridgehead atoms. The van der Waals surface area contributed by atoms with E-state index in [0.717, 1.165) is 25.0 Å². The quantitative estimate of drug-likeness (QED) is 0.260. The lowest BCUT2D eigenvalue weighted by Gasteiger charge is -2.22. The highest BCUT2D eigenvalue weighted by atomic mass is 127. The normalized spacial score (nSPS) is 19.5. The van der Waals surface area contributed by atoms with Crippen molar-refractivity contribution in [2.45, 2.75) is 51.2 Å². The topological polar surface area (TPSA) is 59.6 Å². The van der Waals surface area contributed by atoms with Crippen molar-refractivity contribution in [3.63, 3.8) is 0 Å². The van der Waals surface area contributed by atoms with Gasteiger partial charge in [0.1, 0.15) is 0 Å². The van der Waals surface area contributed by atoms with E-state index in [1.54, 1.807) is 6.07 Å². The maximum Gasteiger partial charge on any atom is 0.189 e. The Kier molecular flexibility index (Phi) is 10.3.